The third kappa shape index (κ3) is 4.28. The van der Waals surface area contributed by atoms with Gasteiger partial charge in [-0.25, -0.2) is 0 Å². The van der Waals surface area contributed by atoms with Gasteiger partial charge in [-0.05, 0) is 30.3 Å². The molecule has 6 nitrogen and oxygen atoms in total. The van der Waals surface area contributed by atoms with Gasteiger partial charge in [-0.1, -0.05) is 66.2 Å². The lowest BCUT2D eigenvalue weighted by Crippen LogP contribution is -2.19. The van der Waals surface area contributed by atoms with Crippen molar-refractivity contribution in [2.75, 3.05) is 10.9 Å². The quantitative estimate of drug-likeness (QED) is 0.504. The van der Waals surface area contributed by atoms with Crippen LogP contribution in [0.3, 0.4) is 0 Å². The number of hydrazone groups is 2. The van der Waals surface area contributed by atoms with E-state index in [1.165, 1.54) is 0 Å². The molecule has 29 heavy (non-hydrogen) atoms. The van der Waals surface area contributed by atoms with E-state index in [0.717, 1.165) is 16.9 Å². The van der Waals surface area contributed by atoms with E-state index in [-0.39, 0.29) is 5.90 Å². The molecular formula is C22H18ClN5O. The van der Waals surface area contributed by atoms with Gasteiger partial charge >= 0.3 is 0 Å². The van der Waals surface area contributed by atoms with Crippen LogP contribution in [0.4, 0.5) is 11.4 Å². The van der Waals surface area contributed by atoms with Gasteiger partial charge in [0.2, 0.25) is 5.90 Å². The summed E-state index contributed by atoms with van der Waals surface area (Å²) in [6, 6.07) is 26.4. The number of para-hydroxylation sites is 2. The second-order valence-corrected chi connectivity index (χ2v) is 6.67. The SMILES string of the molecule is N=C1OC(c2ccccc2Cl)C(=NNc2ccccc2)C1=NNc1ccccc1. The van der Waals surface area contributed by atoms with Crippen LogP contribution in [-0.2, 0) is 4.74 Å². The zero-order valence-electron chi connectivity index (χ0n) is 15.3. The molecule has 144 valence electrons. The minimum absolute atomic E-state index is 0.0769. The van der Waals surface area contributed by atoms with Crippen molar-refractivity contribution < 1.29 is 4.74 Å². The highest BCUT2D eigenvalue weighted by atomic mass is 35.5. The Hall–Kier alpha value is -3.64. The number of halogens is 1. The van der Waals surface area contributed by atoms with Gasteiger partial charge in [-0.3, -0.25) is 16.3 Å². The first kappa shape index (κ1) is 18.7. The highest BCUT2D eigenvalue weighted by Gasteiger charge is 2.38. The molecule has 0 spiro atoms. The average molecular weight is 404 g/mol. The number of hydrogen-bond acceptors (Lipinski definition) is 6. The fraction of sp³-hybridized carbons (Fsp3) is 0.0455. The van der Waals surface area contributed by atoms with Crippen molar-refractivity contribution in [3.8, 4) is 0 Å². The third-order valence-electron chi connectivity index (χ3n) is 4.28. The van der Waals surface area contributed by atoms with E-state index in [0.29, 0.717) is 16.4 Å². The van der Waals surface area contributed by atoms with E-state index < -0.39 is 6.10 Å². The molecule has 3 aromatic carbocycles. The molecule has 0 saturated carbocycles. The van der Waals surface area contributed by atoms with E-state index in [1.54, 1.807) is 6.07 Å². The number of ether oxygens (including phenoxy) is 1. The predicted octanol–water partition coefficient (Wildman–Crippen LogP) is 5.32. The summed E-state index contributed by atoms with van der Waals surface area (Å²) in [6.07, 6.45) is -0.635. The number of nitrogens with zero attached hydrogens (tertiary/aromatic N) is 2. The Balaban J connectivity index is 1.70. The van der Waals surface area contributed by atoms with Crippen LogP contribution >= 0.6 is 11.6 Å². The molecule has 1 fully saturated rings. The standard InChI is InChI=1S/C22H18ClN5O/c23-18-14-8-7-13-17(18)21-19(27-25-15-9-3-1-4-10-15)20(22(24)29-21)28-26-16-11-5-2-6-12-16/h1-14,21,24-26H. The van der Waals surface area contributed by atoms with Gasteiger partial charge in [0.05, 0.1) is 11.4 Å². The zero-order valence-corrected chi connectivity index (χ0v) is 16.1. The van der Waals surface area contributed by atoms with Crippen LogP contribution in [0.5, 0.6) is 0 Å². The lowest BCUT2D eigenvalue weighted by Gasteiger charge is -2.12. The summed E-state index contributed by atoms with van der Waals surface area (Å²) in [7, 11) is 0. The maximum absolute atomic E-state index is 8.29. The second-order valence-electron chi connectivity index (χ2n) is 6.26. The van der Waals surface area contributed by atoms with Gasteiger partial charge in [0, 0.05) is 10.6 Å². The first-order chi connectivity index (χ1) is 14.2. The molecule has 1 saturated heterocycles. The van der Waals surface area contributed by atoms with Crippen molar-refractivity contribution in [3.05, 3.63) is 95.5 Å². The lowest BCUT2D eigenvalue weighted by atomic mass is 10.0. The van der Waals surface area contributed by atoms with Gasteiger partial charge in [0.25, 0.3) is 0 Å². The van der Waals surface area contributed by atoms with Crippen LogP contribution in [-0.4, -0.2) is 17.3 Å². The number of anilines is 2. The molecule has 4 rings (SSSR count). The van der Waals surface area contributed by atoms with Crippen molar-refractivity contribution >= 4 is 40.3 Å². The van der Waals surface area contributed by atoms with E-state index in [1.807, 2.05) is 78.9 Å². The molecule has 1 aliphatic heterocycles. The minimum Gasteiger partial charge on any atom is -0.461 e. The summed E-state index contributed by atoms with van der Waals surface area (Å²) in [5, 5.41) is 17.7. The molecule has 7 heteroatoms. The summed E-state index contributed by atoms with van der Waals surface area (Å²) in [4.78, 5) is 0. The monoisotopic (exact) mass is 403 g/mol. The Labute approximate surface area is 173 Å². The normalized spacial score (nSPS) is 18.7. The van der Waals surface area contributed by atoms with E-state index in [2.05, 4.69) is 21.1 Å². The van der Waals surface area contributed by atoms with Crippen LogP contribution < -0.4 is 10.9 Å². The minimum atomic E-state index is -0.635. The first-order valence-corrected chi connectivity index (χ1v) is 9.38. The highest BCUT2D eigenvalue weighted by molar-refractivity contribution is 6.70. The number of benzene rings is 3. The lowest BCUT2D eigenvalue weighted by molar-refractivity contribution is 0.275. The summed E-state index contributed by atoms with van der Waals surface area (Å²) in [5.41, 5.74) is 9.07. The molecule has 3 N–H and O–H groups in total. The molecule has 0 aliphatic carbocycles. The van der Waals surface area contributed by atoms with Crippen molar-refractivity contribution in [1.82, 2.24) is 0 Å². The second kappa shape index (κ2) is 8.58. The summed E-state index contributed by atoms with van der Waals surface area (Å²) >= 11 is 6.37. The first-order valence-electron chi connectivity index (χ1n) is 9.00. The molecule has 0 amide bonds. The fourth-order valence-corrected chi connectivity index (χ4v) is 3.09. The van der Waals surface area contributed by atoms with Gasteiger partial charge in [0.15, 0.2) is 11.8 Å². The van der Waals surface area contributed by atoms with E-state index in [4.69, 9.17) is 21.7 Å². The Kier molecular flexibility index (Phi) is 5.54. The van der Waals surface area contributed by atoms with Gasteiger partial charge in [-0.15, -0.1) is 0 Å². The molecule has 1 aliphatic rings. The van der Waals surface area contributed by atoms with Gasteiger partial charge in [-0.2, -0.15) is 10.2 Å². The van der Waals surface area contributed by atoms with Crippen LogP contribution in [0.1, 0.15) is 11.7 Å². The van der Waals surface area contributed by atoms with Crippen molar-refractivity contribution in [1.29, 1.82) is 5.41 Å². The number of rotatable bonds is 5. The van der Waals surface area contributed by atoms with E-state index in [9.17, 15) is 0 Å². The Bertz CT molecular complexity index is 1070. The maximum Gasteiger partial charge on any atom is 0.237 e. The number of hydrogen-bond donors (Lipinski definition) is 3. The van der Waals surface area contributed by atoms with Crippen LogP contribution in [0, 0.1) is 5.41 Å². The molecule has 0 aromatic heterocycles. The molecule has 0 bridgehead atoms. The van der Waals surface area contributed by atoms with Crippen LogP contribution in [0.2, 0.25) is 5.02 Å². The summed E-state index contributed by atoms with van der Waals surface area (Å²) in [6.45, 7) is 0. The van der Waals surface area contributed by atoms with Crippen molar-refractivity contribution in [2.45, 2.75) is 6.10 Å². The molecule has 3 aromatic rings. The fourth-order valence-electron chi connectivity index (χ4n) is 2.86. The molecule has 1 atom stereocenters. The third-order valence-corrected chi connectivity index (χ3v) is 4.62. The average Bonchev–Trinajstić information content (AvgIpc) is 3.07. The summed E-state index contributed by atoms with van der Waals surface area (Å²) < 4.78 is 5.79. The predicted molar refractivity (Wildman–Crippen MR) is 118 cm³/mol. The smallest absolute Gasteiger partial charge is 0.237 e. The topological polar surface area (TPSA) is 81.9 Å². The van der Waals surface area contributed by atoms with Gasteiger partial charge < -0.3 is 4.74 Å². The van der Waals surface area contributed by atoms with Crippen molar-refractivity contribution in [2.24, 2.45) is 10.2 Å². The molecule has 1 heterocycles. The largest absolute Gasteiger partial charge is 0.461 e. The zero-order chi connectivity index (χ0) is 20.1. The van der Waals surface area contributed by atoms with Crippen LogP contribution in [0.25, 0.3) is 0 Å². The van der Waals surface area contributed by atoms with Gasteiger partial charge in [0.1, 0.15) is 5.71 Å². The van der Waals surface area contributed by atoms with Crippen LogP contribution in [0.15, 0.2) is 95.1 Å². The Morgan fingerprint density at radius 3 is 1.93 bits per heavy atom. The van der Waals surface area contributed by atoms with E-state index >= 15 is 0 Å². The highest BCUT2D eigenvalue weighted by Crippen LogP contribution is 2.32. The number of nitrogens with one attached hydrogen (secondary N) is 3. The Morgan fingerprint density at radius 2 is 1.31 bits per heavy atom. The molecule has 1 unspecified atom stereocenters. The Morgan fingerprint density at radius 1 is 0.759 bits per heavy atom. The molecular weight excluding hydrogens is 386 g/mol. The molecule has 0 radical (unpaired) electrons. The summed E-state index contributed by atoms with van der Waals surface area (Å²) in [5.74, 6) is -0.0769. The maximum atomic E-state index is 8.29. The van der Waals surface area contributed by atoms with Crippen molar-refractivity contribution in [3.63, 3.8) is 0 Å².